The highest BCUT2D eigenvalue weighted by atomic mass is 79.9. The highest BCUT2D eigenvalue weighted by molar-refractivity contribution is 9.10. The molecule has 0 unspecified atom stereocenters. The Morgan fingerprint density at radius 2 is 2.19 bits per heavy atom. The van der Waals surface area contributed by atoms with Crippen molar-refractivity contribution in [1.29, 1.82) is 0 Å². The van der Waals surface area contributed by atoms with Gasteiger partial charge in [-0.05, 0) is 40.5 Å². The van der Waals surface area contributed by atoms with Gasteiger partial charge in [-0.3, -0.25) is 4.79 Å². The van der Waals surface area contributed by atoms with E-state index in [1.807, 2.05) is 6.92 Å². The van der Waals surface area contributed by atoms with Gasteiger partial charge in [0.15, 0.2) is 0 Å². The van der Waals surface area contributed by atoms with E-state index in [9.17, 15) is 9.18 Å². The van der Waals surface area contributed by atoms with Crippen LogP contribution in [0.1, 0.15) is 11.1 Å². The number of hydrogen-bond acceptors (Lipinski definition) is 2. The van der Waals surface area contributed by atoms with Gasteiger partial charge < -0.3 is 10.7 Å². The Labute approximate surface area is 99.6 Å². The van der Waals surface area contributed by atoms with Gasteiger partial charge in [-0.1, -0.05) is 0 Å². The van der Waals surface area contributed by atoms with Crippen LogP contribution in [0.3, 0.4) is 0 Å². The van der Waals surface area contributed by atoms with E-state index in [0.29, 0.717) is 20.9 Å². The molecule has 1 aromatic carbocycles. The molecule has 2 aromatic rings. The lowest BCUT2D eigenvalue weighted by Crippen LogP contribution is -2.16. The zero-order chi connectivity index (χ0) is 11.9. The fraction of sp³-hybridized carbons (Fsp3) is 0.182. The lowest BCUT2D eigenvalue weighted by atomic mass is 10.1. The summed E-state index contributed by atoms with van der Waals surface area (Å²) >= 11 is 3.13. The Balaban J connectivity index is 2.96. The van der Waals surface area contributed by atoms with E-state index in [-0.39, 0.29) is 17.9 Å². The van der Waals surface area contributed by atoms with Crippen LogP contribution in [-0.4, -0.2) is 4.98 Å². The molecular weight excluding hydrogens is 275 g/mol. The third-order valence-corrected chi connectivity index (χ3v) is 3.10. The van der Waals surface area contributed by atoms with Crippen molar-refractivity contribution < 1.29 is 4.39 Å². The largest absolute Gasteiger partial charge is 0.326 e. The Morgan fingerprint density at radius 3 is 2.81 bits per heavy atom. The predicted octanol–water partition coefficient (Wildman–Crippen LogP) is 2.20. The molecule has 3 nitrogen and oxygen atoms in total. The van der Waals surface area contributed by atoms with Gasteiger partial charge in [0.05, 0.1) is 9.99 Å². The van der Waals surface area contributed by atoms with E-state index in [2.05, 4.69) is 20.9 Å². The van der Waals surface area contributed by atoms with Crippen LogP contribution >= 0.6 is 15.9 Å². The smallest absolute Gasteiger partial charge is 0.252 e. The van der Waals surface area contributed by atoms with E-state index >= 15 is 0 Å². The van der Waals surface area contributed by atoms with Crippen molar-refractivity contribution in [3.63, 3.8) is 0 Å². The van der Waals surface area contributed by atoms with Crippen LogP contribution in [0.4, 0.5) is 4.39 Å². The maximum Gasteiger partial charge on any atom is 0.252 e. The first-order valence-corrected chi connectivity index (χ1v) is 5.54. The summed E-state index contributed by atoms with van der Waals surface area (Å²) in [6, 6.07) is 3.14. The van der Waals surface area contributed by atoms with Crippen molar-refractivity contribution in [2.45, 2.75) is 13.5 Å². The van der Waals surface area contributed by atoms with Crippen molar-refractivity contribution in [3.05, 3.63) is 43.9 Å². The number of nitrogens with two attached hydrogens (primary N) is 1. The van der Waals surface area contributed by atoms with Crippen LogP contribution in [0.5, 0.6) is 0 Å². The number of aromatic amines is 1. The first-order chi connectivity index (χ1) is 7.54. The number of halogens is 2. The van der Waals surface area contributed by atoms with Crippen LogP contribution in [-0.2, 0) is 6.54 Å². The predicted molar refractivity (Wildman–Crippen MR) is 64.9 cm³/mol. The molecule has 1 aromatic heterocycles. The lowest BCUT2D eigenvalue weighted by molar-refractivity contribution is 0.632. The van der Waals surface area contributed by atoms with Crippen LogP contribution in [0.25, 0.3) is 10.9 Å². The van der Waals surface area contributed by atoms with Crippen LogP contribution in [0.15, 0.2) is 21.4 Å². The zero-order valence-electron chi connectivity index (χ0n) is 8.60. The summed E-state index contributed by atoms with van der Waals surface area (Å²) < 4.78 is 14.2. The molecule has 84 valence electrons. The molecule has 2 rings (SSSR count). The molecule has 0 spiro atoms. The number of pyridine rings is 1. The SMILES string of the molecule is Cc1cc(Br)c(F)c2cc(CN)c(=O)[nH]c12. The Kier molecular flexibility index (Phi) is 2.82. The number of aryl methyl sites for hydroxylation is 1. The molecule has 0 bridgehead atoms. The highest BCUT2D eigenvalue weighted by Gasteiger charge is 2.11. The average Bonchev–Trinajstić information content (AvgIpc) is 2.25. The van der Waals surface area contributed by atoms with E-state index in [1.165, 1.54) is 6.07 Å². The monoisotopic (exact) mass is 284 g/mol. The number of hydrogen-bond donors (Lipinski definition) is 2. The molecule has 0 atom stereocenters. The van der Waals surface area contributed by atoms with E-state index in [1.54, 1.807) is 6.07 Å². The molecule has 0 saturated heterocycles. The van der Waals surface area contributed by atoms with Gasteiger partial charge in [0, 0.05) is 17.5 Å². The van der Waals surface area contributed by atoms with Crippen molar-refractivity contribution in [2.75, 3.05) is 0 Å². The number of fused-ring (bicyclic) bond motifs is 1. The Bertz CT molecular complexity index is 621. The van der Waals surface area contributed by atoms with Gasteiger partial charge in [-0.15, -0.1) is 0 Å². The lowest BCUT2D eigenvalue weighted by Gasteiger charge is -2.07. The number of H-pyrrole nitrogens is 1. The van der Waals surface area contributed by atoms with Crippen LogP contribution < -0.4 is 11.3 Å². The van der Waals surface area contributed by atoms with Crippen molar-refractivity contribution in [3.8, 4) is 0 Å². The first kappa shape index (κ1) is 11.3. The maximum atomic E-state index is 13.8. The molecule has 0 aliphatic rings. The molecule has 16 heavy (non-hydrogen) atoms. The number of benzene rings is 1. The van der Waals surface area contributed by atoms with Gasteiger partial charge >= 0.3 is 0 Å². The fourth-order valence-electron chi connectivity index (χ4n) is 1.66. The van der Waals surface area contributed by atoms with Gasteiger partial charge in [-0.2, -0.15) is 0 Å². The van der Waals surface area contributed by atoms with Crippen molar-refractivity contribution in [1.82, 2.24) is 4.98 Å². The van der Waals surface area contributed by atoms with E-state index < -0.39 is 0 Å². The topological polar surface area (TPSA) is 58.9 Å². The van der Waals surface area contributed by atoms with Gasteiger partial charge in [0.1, 0.15) is 5.82 Å². The van der Waals surface area contributed by atoms with Gasteiger partial charge in [0.25, 0.3) is 5.56 Å². The normalized spacial score (nSPS) is 11.0. The molecule has 0 fully saturated rings. The summed E-state index contributed by atoms with van der Waals surface area (Å²) in [7, 11) is 0. The minimum atomic E-state index is -0.383. The van der Waals surface area contributed by atoms with E-state index in [0.717, 1.165) is 5.56 Å². The standard InChI is InChI=1S/C11H10BrFN2O/c1-5-2-8(12)9(13)7-3-6(4-14)11(16)15-10(5)7/h2-3H,4,14H2,1H3,(H,15,16). The van der Waals surface area contributed by atoms with Crippen LogP contribution in [0, 0.1) is 12.7 Å². The molecule has 5 heteroatoms. The first-order valence-electron chi connectivity index (χ1n) is 4.75. The minimum Gasteiger partial charge on any atom is -0.326 e. The number of aromatic nitrogens is 1. The maximum absolute atomic E-state index is 13.8. The summed E-state index contributed by atoms with van der Waals surface area (Å²) in [6.45, 7) is 1.90. The van der Waals surface area contributed by atoms with Gasteiger partial charge in [0.2, 0.25) is 0 Å². The third kappa shape index (κ3) is 1.66. The second-order valence-electron chi connectivity index (χ2n) is 3.61. The van der Waals surface area contributed by atoms with Crippen molar-refractivity contribution >= 4 is 26.8 Å². The molecule has 3 N–H and O–H groups in total. The van der Waals surface area contributed by atoms with Gasteiger partial charge in [-0.25, -0.2) is 4.39 Å². The molecule has 0 saturated carbocycles. The molecule has 0 amide bonds. The average molecular weight is 285 g/mol. The Morgan fingerprint density at radius 1 is 1.50 bits per heavy atom. The minimum absolute atomic E-state index is 0.0935. The number of rotatable bonds is 1. The second kappa shape index (κ2) is 3.99. The second-order valence-corrected chi connectivity index (χ2v) is 4.46. The Hall–Kier alpha value is -1.20. The third-order valence-electron chi connectivity index (χ3n) is 2.52. The van der Waals surface area contributed by atoms with Crippen molar-refractivity contribution in [2.24, 2.45) is 5.73 Å². The number of nitrogens with one attached hydrogen (secondary N) is 1. The van der Waals surface area contributed by atoms with Crippen LogP contribution in [0.2, 0.25) is 0 Å². The summed E-state index contributed by atoms with van der Waals surface area (Å²) in [5.41, 5.74) is 6.85. The summed E-state index contributed by atoms with van der Waals surface area (Å²) in [6.07, 6.45) is 0. The molecular formula is C11H10BrFN2O. The quantitative estimate of drug-likeness (QED) is 0.843. The molecule has 0 aliphatic carbocycles. The summed E-state index contributed by atoms with van der Waals surface area (Å²) in [5.74, 6) is -0.383. The highest BCUT2D eigenvalue weighted by Crippen LogP contribution is 2.26. The van der Waals surface area contributed by atoms with E-state index in [4.69, 9.17) is 5.73 Å². The molecule has 0 radical (unpaired) electrons. The molecule has 0 aliphatic heterocycles. The zero-order valence-corrected chi connectivity index (χ0v) is 10.2. The molecule has 1 heterocycles. The fourth-order valence-corrected chi connectivity index (χ4v) is 2.22. The summed E-state index contributed by atoms with van der Waals surface area (Å²) in [5, 5.41) is 0.381. The summed E-state index contributed by atoms with van der Waals surface area (Å²) in [4.78, 5) is 14.2.